The molecule has 1 saturated heterocycles. The molecule has 0 radical (unpaired) electrons. The van der Waals surface area contributed by atoms with Crippen molar-refractivity contribution in [2.75, 3.05) is 6.61 Å². The molecule has 1 saturated carbocycles. The van der Waals surface area contributed by atoms with Gasteiger partial charge in [0.15, 0.2) is 9.76 Å². The van der Waals surface area contributed by atoms with Gasteiger partial charge in [-0.2, -0.15) is 0 Å². The SMILES string of the molecule is C1CC[SiH2]OC1.CC1(C)CCC(C)(C)C1(C)C. The van der Waals surface area contributed by atoms with Gasteiger partial charge in [-0.3, -0.25) is 0 Å². The van der Waals surface area contributed by atoms with Crippen LogP contribution in [0.15, 0.2) is 0 Å². The molecule has 102 valence electrons. The first-order valence-corrected chi connectivity index (χ1v) is 8.86. The van der Waals surface area contributed by atoms with Crippen LogP contribution in [0.2, 0.25) is 6.04 Å². The fourth-order valence-corrected chi connectivity index (χ4v) is 4.02. The number of hydrogen-bond acceptors (Lipinski definition) is 1. The van der Waals surface area contributed by atoms with Gasteiger partial charge in [-0.05, 0) is 41.6 Å². The van der Waals surface area contributed by atoms with Crippen LogP contribution in [0.5, 0.6) is 0 Å². The lowest BCUT2D eigenvalue weighted by Crippen LogP contribution is -2.36. The summed E-state index contributed by atoms with van der Waals surface area (Å²) >= 11 is 0. The Morgan fingerprint density at radius 3 is 1.47 bits per heavy atom. The molecule has 0 aromatic rings. The predicted octanol–water partition coefficient (Wildman–Crippen LogP) is 4.16. The summed E-state index contributed by atoms with van der Waals surface area (Å²) in [5.74, 6) is 0. The van der Waals surface area contributed by atoms with E-state index >= 15 is 0 Å². The molecule has 0 N–H and O–H groups in total. The van der Waals surface area contributed by atoms with E-state index in [0.717, 1.165) is 6.61 Å². The van der Waals surface area contributed by atoms with Crippen LogP contribution in [0.25, 0.3) is 0 Å². The van der Waals surface area contributed by atoms with Crippen LogP contribution in [-0.2, 0) is 4.43 Å². The third-order valence-electron chi connectivity index (χ3n) is 5.84. The molecular weight excluding hydrogens is 224 g/mol. The molecule has 2 aliphatic rings. The standard InChI is InChI=1S/C11H22.C4H10OSi/c1-9(2)7-8-10(3,4)11(9,5)6;1-2-4-6-5-3-1/h7-8H2,1-6H3;1-4,6H2. The van der Waals surface area contributed by atoms with Crippen LogP contribution < -0.4 is 0 Å². The lowest BCUT2D eigenvalue weighted by Gasteiger charge is -2.44. The van der Waals surface area contributed by atoms with E-state index in [2.05, 4.69) is 41.5 Å². The Balaban J connectivity index is 0.000000202. The Morgan fingerprint density at radius 1 is 0.824 bits per heavy atom. The maximum absolute atomic E-state index is 5.21. The molecule has 1 nitrogen and oxygen atoms in total. The van der Waals surface area contributed by atoms with Crippen molar-refractivity contribution in [3.05, 3.63) is 0 Å². The first-order chi connectivity index (χ1) is 7.71. The molecular formula is C15H32OSi. The maximum atomic E-state index is 5.21. The largest absolute Gasteiger partial charge is 0.424 e. The smallest absolute Gasteiger partial charge is 0.161 e. The van der Waals surface area contributed by atoms with E-state index in [9.17, 15) is 0 Å². The average molecular weight is 257 g/mol. The monoisotopic (exact) mass is 256 g/mol. The van der Waals surface area contributed by atoms with Crippen molar-refractivity contribution in [2.24, 2.45) is 16.2 Å². The molecule has 0 spiro atoms. The highest BCUT2D eigenvalue weighted by atomic mass is 28.2. The lowest BCUT2D eigenvalue weighted by atomic mass is 9.61. The highest BCUT2D eigenvalue weighted by molar-refractivity contribution is 6.27. The summed E-state index contributed by atoms with van der Waals surface area (Å²) < 4.78 is 5.21. The summed E-state index contributed by atoms with van der Waals surface area (Å²) in [7, 11) is 0.00849. The third-order valence-corrected chi connectivity index (χ3v) is 7.20. The van der Waals surface area contributed by atoms with Crippen molar-refractivity contribution < 1.29 is 4.43 Å². The van der Waals surface area contributed by atoms with Gasteiger partial charge in [-0.1, -0.05) is 48.0 Å². The molecule has 2 heteroatoms. The van der Waals surface area contributed by atoms with Crippen molar-refractivity contribution >= 4 is 9.76 Å². The molecule has 0 amide bonds. The second-order valence-electron chi connectivity index (χ2n) is 7.57. The minimum atomic E-state index is 0.00849. The Hall–Kier alpha value is 0.177. The summed E-state index contributed by atoms with van der Waals surface area (Å²) in [6, 6.07) is 1.42. The topological polar surface area (TPSA) is 9.23 Å². The summed E-state index contributed by atoms with van der Waals surface area (Å²) in [6.07, 6.45) is 5.51. The molecule has 2 fully saturated rings. The molecule has 0 aromatic carbocycles. The van der Waals surface area contributed by atoms with E-state index in [1.807, 2.05) is 0 Å². The molecule has 1 aliphatic heterocycles. The zero-order valence-electron chi connectivity index (χ0n) is 12.9. The van der Waals surface area contributed by atoms with Gasteiger partial charge in [0.25, 0.3) is 0 Å². The predicted molar refractivity (Wildman–Crippen MR) is 79.1 cm³/mol. The zero-order valence-corrected chi connectivity index (χ0v) is 14.3. The molecule has 0 bridgehead atoms. The maximum Gasteiger partial charge on any atom is 0.161 e. The van der Waals surface area contributed by atoms with Crippen LogP contribution in [0.4, 0.5) is 0 Å². The van der Waals surface area contributed by atoms with Crippen LogP contribution in [-0.4, -0.2) is 16.4 Å². The molecule has 0 atom stereocenters. The summed E-state index contributed by atoms with van der Waals surface area (Å²) in [4.78, 5) is 0. The van der Waals surface area contributed by atoms with Crippen molar-refractivity contribution in [1.82, 2.24) is 0 Å². The van der Waals surface area contributed by atoms with Gasteiger partial charge in [0.1, 0.15) is 0 Å². The van der Waals surface area contributed by atoms with Gasteiger partial charge >= 0.3 is 0 Å². The average Bonchev–Trinajstić information content (AvgIpc) is 2.42. The van der Waals surface area contributed by atoms with Crippen molar-refractivity contribution in [2.45, 2.75) is 73.3 Å². The minimum Gasteiger partial charge on any atom is -0.424 e. The van der Waals surface area contributed by atoms with E-state index in [1.165, 1.54) is 31.7 Å². The van der Waals surface area contributed by atoms with Crippen LogP contribution >= 0.6 is 0 Å². The van der Waals surface area contributed by atoms with Gasteiger partial charge < -0.3 is 4.43 Å². The van der Waals surface area contributed by atoms with Gasteiger partial charge in [0.05, 0.1) is 0 Å². The van der Waals surface area contributed by atoms with Crippen LogP contribution in [0, 0.1) is 16.2 Å². The van der Waals surface area contributed by atoms with E-state index < -0.39 is 0 Å². The Morgan fingerprint density at radius 2 is 1.35 bits per heavy atom. The Kier molecular flexibility index (Phi) is 4.87. The molecule has 1 heterocycles. The number of hydrogen-bond donors (Lipinski definition) is 0. The second kappa shape index (κ2) is 5.44. The quantitative estimate of drug-likeness (QED) is 0.591. The molecule has 17 heavy (non-hydrogen) atoms. The Labute approximate surface area is 111 Å². The first kappa shape index (κ1) is 15.2. The molecule has 0 unspecified atom stereocenters. The normalized spacial score (nSPS) is 30.7. The number of rotatable bonds is 0. The lowest BCUT2D eigenvalue weighted by molar-refractivity contribution is 0.0524. The minimum absolute atomic E-state index is 0.00849. The van der Waals surface area contributed by atoms with Crippen molar-refractivity contribution in [1.29, 1.82) is 0 Å². The summed E-state index contributed by atoms with van der Waals surface area (Å²) in [5.41, 5.74) is 1.53. The second-order valence-corrected chi connectivity index (χ2v) is 9.09. The van der Waals surface area contributed by atoms with E-state index in [1.54, 1.807) is 0 Å². The zero-order chi connectivity index (χ0) is 13.2. The highest BCUT2D eigenvalue weighted by Gasteiger charge is 2.52. The van der Waals surface area contributed by atoms with Crippen molar-refractivity contribution in [3.63, 3.8) is 0 Å². The van der Waals surface area contributed by atoms with Crippen molar-refractivity contribution in [3.8, 4) is 0 Å². The van der Waals surface area contributed by atoms with E-state index in [0.29, 0.717) is 16.2 Å². The molecule has 1 aliphatic carbocycles. The highest BCUT2D eigenvalue weighted by Crippen LogP contribution is 2.61. The van der Waals surface area contributed by atoms with Gasteiger partial charge in [-0.25, -0.2) is 0 Å². The fraction of sp³-hybridized carbons (Fsp3) is 1.00. The van der Waals surface area contributed by atoms with Crippen LogP contribution in [0.1, 0.15) is 67.2 Å². The van der Waals surface area contributed by atoms with Gasteiger partial charge in [0, 0.05) is 6.61 Å². The fourth-order valence-electron chi connectivity index (χ4n) is 2.85. The van der Waals surface area contributed by atoms with Crippen LogP contribution in [0.3, 0.4) is 0 Å². The summed E-state index contributed by atoms with van der Waals surface area (Å²) in [5, 5.41) is 0. The van der Waals surface area contributed by atoms with E-state index in [4.69, 9.17) is 4.43 Å². The summed E-state index contributed by atoms with van der Waals surface area (Å²) in [6.45, 7) is 15.5. The van der Waals surface area contributed by atoms with Gasteiger partial charge in [0.2, 0.25) is 0 Å². The Bertz CT molecular complexity index is 210. The first-order valence-electron chi connectivity index (χ1n) is 7.28. The molecule has 0 aromatic heterocycles. The van der Waals surface area contributed by atoms with E-state index in [-0.39, 0.29) is 9.76 Å². The third kappa shape index (κ3) is 3.34. The van der Waals surface area contributed by atoms with Gasteiger partial charge in [-0.15, -0.1) is 0 Å². The molecule has 2 rings (SSSR count).